The first kappa shape index (κ1) is 18.0. The quantitative estimate of drug-likeness (QED) is 0.602. The van der Waals surface area contributed by atoms with E-state index in [4.69, 9.17) is 9.47 Å². The monoisotopic (exact) mass is 354 g/mol. The van der Waals surface area contributed by atoms with Gasteiger partial charge in [0.05, 0.1) is 30.4 Å². The molecule has 23 heavy (non-hydrogen) atoms. The Hall–Kier alpha value is -1.34. The Balaban J connectivity index is 1.91. The summed E-state index contributed by atoms with van der Waals surface area (Å²) in [6, 6.07) is 5.52. The number of hydrazone groups is 1. The molecule has 1 aliphatic heterocycles. The van der Waals surface area contributed by atoms with Crippen LogP contribution in [0.4, 0.5) is 0 Å². The van der Waals surface area contributed by atoms with Crippen LogP contribution in [0.25, 0.3) is 0 Å². The highest BCUT2D eigenvalue weighted by atomic mass is 32.2. The average Bonchev–Trinajstić information content (AvgIpc) is 2.95. The lowest BCUT2D eigenvalue weighted by atomic mass is 10.2. The van der Waals surface area contributed by atoms with Crippen LogP contribution in [-0.4, -0.2) is 41.4 Å². The largest absolute Gasteiger partial charge is 0.493 e. The minimum absolute atomic E-state index is 0.0258. The highest BCUT2D eigenvalue weighted by Gasteiger charge is 2.32. The van der Waals surface area contributed by atoms with Gasteiger partial charge < -0.3 is 9.47 Å². The van der Waals surface area contributed by atoms with E-state index in [0.717, 1.165) is 17.1 Å². The number of amides is 1. The zero-order valence-electron chi connectivity index (χ0n) is 13.6. The molecule has 126 valence electrons. The summed E-state index contributed by atoms with van der Waals surface area (Å²) in [5.41, 5.74) is 3.43. The second-order valence-corrected chi connectivity index (χ2v) is 8.60. The van der Waals surface area contributed by atoms with Crippen molar-refractivity contribution < 1.29 is 14.3 Å². The Morgan fingerprint density at radius 2 is 2.13 bits per heavy atom. The van der Waals surface area contributed by atoms with Crippen LogP contribution in [0.5, 0.6) is 11.5 Å². The van der Waals surface area contributed by atoms with E-state index in [9.17, 15) is 4.79 Å². The predicted octanol–water partition coefficient (Wildman–Crippen LogP) is 3.13. The van der Waals surface area contributed by atoms with E-state index in [1.165, 1.54) is 0 Å². The maximum Gasteiger partial charge on any atom is 0.242 e. The zero-order valence-corrected chi connectivity index (χ0v) is 15.3. The Bertz CT molecular complexity index is 572. The molecule has 1 aromatic carbocycles. The van der Waals surface area contributed by atoms with Crippen molar-refractivity contribution in [3.8, 4) is 11.5 Å². The normalized spacial score (nSPS) is 16.5. The van der Waals surface area contributed by atoms with Gasteiger partial charge in [0.1, 0.15) is 0 Å². The van der Waals surface area contributed by atoms with Gasteiger partial charge in [-0.2, -0.15) is 5.10 Å². The lowest BCUT2D eigenvalue weighted by Gasteiger charge is -2.19. The topological polar surface area (TPSA) is 59.9 Å². The van der Waals surface area contributed by atoms with Crippen molar-refractivity contribution in [2.75, 3.05) is 25.2 Å². The van der Waals surface area contributed by atoms with E-state index in [2.05, 4.69) is 17.5 Å². The Kier molecular flexibility index (Phi) is 6.65. The molecule has 0 aliphatic carbocycles. The van der Waals surface area contributed by atoms with E-state index in [0.29, 0.717) is 24.5 Å². The lowest BCUT2D eigenvalue weighted by molar-refractivity contribution is -0.121. The van der Waals surface area contributed by atoms with Crippen LogP contribution < -0.4 is 14.9 Å². The molecule has 1 saturated heterocycles. The predicted molar refractivity (Wildman–Crippen MR) is 97.8 cm³/mol. The summed E-state index contributed by atoms with van der Waals surface area (Å²) in [7, 11) is 1.60. The zero-order chi connectivity index (χ0) is 16.7. The molecule has 1 aliphatic rings. The van der Waals surface area contributed by atoms with Gasteiger partial charge in [0, 0.05) is 11.5 Å². The van der Waals surface area contributed by atoms with Gasteiger partial charge in [-0.25, -0.2) is 5.43 Å². The lowest BCUT2D eigenvalue weighted by Crippen LogP contribution is -2.26. The van der Waals surface area contributed by atoms with Gasteiger partial charge in [-0.15, -0.1) is 23.5 Å². The maximum absolute atomic E-state index is 12.0. The van der Waals surface area contributed by atoms with Crippen LogP contribution in [-0.2, 0) is 4.79 Å². The van der Waals surface area contributed by atoms with E-state index in [1.54, 1.807) is 13.3 Å². The first-order chi connectivity index (χ1) is 11.1. The summed E-state index contributed by atoms with van der Waals surface area (Å²) in [5, 5.41) is 4.03. The minimum Gasteiger partial charge on any atom is -0.493 e. The molecule has 1 N–H and O–H groups in total. The molecule has 7 heteroatoms. The van der Waals surface area contributed by atoms with Crippen LogP contribution in [0, 0.1) is 0 Å². The summed E-state index contributed by atoms with van der Waals surface area (Å²) < 4.78 is 10.7. The molecule has 0 atom stereocenters. The van der Waals surface area contributed by atoms with Crippen LogP contribution >= 0.6 is 23.5 Å². The third-order valence-electron chi connectivity index (χ3n) is 3.27. The summed E-state index contributed by atoms with van der Waals surface area (Å²) in [4.78, 5) is 12.0. The van der Waals surface area contributed by atoms with Crippen molar-refractivity contribution in [2.24, 2.45) is 5.10 Å². The van der Waals surface area contributed by atoms with Gasteiger partial charge in [-0.3, -0.25) is 4.79 Å². The highest BCUT2D eigenvalue weighted by molar-refractivity contribution is 8.21. The van der Waals surface area contributed by atoms with E-state index in [1.807, 2.05) is 48.6 Å². The van der Waals surface area contributed by atoms with Crippen molar-refractivity contribution >= 4 is 35.6 Å². The minimum atomic E-state index is -0.0662. The van der Waals surface area contributed by atoms with Crippen molar-refractivity contribution in [1.82, 2.24) is 5.43 Å². The van der Waals surface area contributed by atoms with Gasteiger partial charge in [0.2, 0.25) is 5.91 Å². The number of ether oxygens (including phenoxy) is 2. The fourth-order valence-electron chi connectivity index (χ4n) is 2.21. The van der Waals surface area contributed by atoms with Crippen molar-refractivity contribution in [3.63, 3.8) is 0 Å². The van der Waals surface area contributed by atoms with Crippen LogP contribution in [0.2, 0.25) is 0 Å². The molecule has 0 saturated carbocycles. The fraction of sp³-hybridized carbons (Fsp3) is 0.500. The van der Waals surface area contributed by atoms with Gasteiger partial charge in [0.15, 0.2) is 11.5 Å². The number of benzene rings is 1. The number of nitrogens with zero attached hydrogens (tertiary/aromatic N) is 1. The molecular weight excluding hydrogens is 332 g/mol. The van der Waals surface area contributed by atoms with Crippen LogP contribution in [0.15, 0.2) is 23.3 Å². The third-order valence-corrected chi connectivity index (χ3v) is 6.56. The molecular formula is C16H22N2O3S2. The Labute approximate surface area is 145 Å². The maximum atomic E-state index is 12.0. The summed E-state index contributed by atoms with van der Waals surface area (Å²) in [6.07, 6.45) is 2.07. The van der Waals surface area contributed by atoms with E-state index in [-0.39, 0.29) is 9.99 Å². The van der Waals surface area contributed by atoms with Crippen molar-refractivity contribution in [2.45, 2.75) is 24.3 Å². The highest BCUT2D eigenvalue weighted by Crippen LogP contribution is 2.45. The molecule has 0 bridgehead atoms. The molecule has 1 amide bonds. The summed E-state index contributed by atoms with van der Waals surface area (Å²) >= 11 is 3.67. The third kappa shape index (κ3) is 5.35. The molecule has 2 rings (SSSR count). The number of carbonyl (C=O) groups excluding carboxylic acids is 1. The smallest absolute Gasteiger partial charge is 0.242 e. The van der Waals surface area contributed by atoms with Gasteiger partial charge in [-0.05, 0) is 37.6 Å². The molecule has 0 unspecified atom stereocenters. The molecule has 0 radical (unpaired) electrons. The molecule has 1 heterocycles. The molecule has 0 spiro atoms. The Morgan fingerprint density at radius 1 is 1.39 bits per heavy atom. The average molecular weight is 354 g/mol. The van der Waals surface area contributed by atoms with Crippen LogP contribution in [0.3, 0.4) is 0 Å². The summed E-state index contributed by atoms with van der Waals surface area (Å²) in [6.45, 7) is 4.61. The van der Waals surface area contributed by atoms with E-state index < -0.39 is 0 Å². The number of methoxy groups -OCH3 is 1. The van der Waals surface area contributed by atoms with Gasteiger partial charge in [-0.1, -0.05) is 0 Å². The number of nitrogens with one attached hydrogen (secondary N) is 1. The number of hydrogen-bond donors (Lipinski definition) is 1. The second-order valence-electron chi connectivity index (χ2n) is 5.14. The van der Waals surface area contributed by atoms with Crippen molar-refractivity contribution in [1.29, 1.82) is 0 Å². The first-order valence-corrected chi connectivity index (χ1v) is 9.44. The summed E-state index contributed by atoms with van der Waals surface area (Å²) in [5.74, 6) is 3.48. The Morgan fingerprint density at radius 3 is 2.78 bits per heavy atom. The van der Waals surface area contributed by atoms with Gasteiger partial charge >= 0.3 is 0 Å². The number of hydrogen-bond acceptors (Lipinski definition) is 6. The number of rotatable bonds is 7. The molecule has 0 aromatic heterocycles. The molecule has 1 fully saturated rings. The standard InChI is InChI=1S/C16H22N2O3S2/c1-4-21-13-6-5-12(9-14(13)20-3)11-17-18-15(19)10-16(2)22-7-8-23-16/h5-6,9,11H,4,7-8,10H2,1-3H3,(H,18,19)/b17-11-. The van der Waals surface area contributed by atoms with Gasteiger partial charge in [0.25, 0.3) is 0 Å². The number of thioether (sulfide) groups is 2. The first-order valence-electron chi connectivity index (χ1n) is 7.47. The van der Waals surface area contributed by atoms with E-state index >= 15 is 0 Å². The fourth-order valence-corrected chi connectivity index (χ4v) is 5.04. The number of carbonyl (C=O) groups is 1. The molecule has 5 nitrogen and oxygen atoms in total. The molecule has 1 aromatic rings. The van der Waals surface area contributed by atoms with Crippen LogP contribution in [0.1, 0.15) is 25.8 Å². The van der Waals surface area contributed by atoms with Crippen molar-refractivity contribution in [3.05, 3.63) is 23.8 Å². The SMILES string of the molecule is CCOc1ccc(/C=N\NC(=O)CC2(C)SCCS2)cc1OC. The second kappa shape index (κ2) is 8.49.